The maximum atomic E-state index is 13.2. The summed E-state index contributed by atoms with van der Waals surface area (Å²) in [4.78, 5) is 16.2. The number of hydrogen-bond donors (Lipinski definition) is 0. The maximum Gasteiger partial charge on any atom is 0.255 e. The number of carbonyl (C=O) groups excluding carboxylic acids is 1. The lowest BCUT2D eigenvalue weighted by Gasteiger charge is -2.23. The van der Waals surface area contributed by atoms with E-state index in [9.17, 15) is 4.79 Å². The van der Waals surface area contributed by atoms with E-state index in [1.54, 1.807) is 24.5 Å². The highest BCUT2D eigenvalue weighted by atomic mass is 79.9. The molecule has 0 atom stereocenters. The average Bonchev–Trinajstić information content (AvgIpc) is 3.26. The van der Waals surface area contributed by atoms with Gasteiger partial charge in [0.15, 0.2) is 0 Å². The first kappa shape index (κ1) is 17.8. The van der Waals surface area contributed by atoms with Gasteiger partial charge >= 0.3 is 0 Å². The summed E-state index contributed by atoms with van der Waals surface area (Å²) in [6.45, 7) is 1.12. The molecule has 2 heterocycles. The van der Waals surface area contributed by atoms with E-state index in [4.69, 9.17) is 4.74 Å². The smallest absolute Gasteiger partial charge is 0.255 e. The van der Waals surface area contributed by atoms with Crippen molar-refractivity contribution in [3.05, 3.63) is 74.6 Å². The van der Waals surface area contributed by atoms with E-state index < -0.39 is 0 Å². The van der Waals surface area contributed by atoms with Crippen LogP contribution in [0.25, 0.3) is 0 Å². The van der Waals surface area contributed by atoms with Crippen LogP contribution in [0.5, 0.6) is 5.75 Å². The van der Waals surface area contributed by atoms with Gasteiger partial charge in [0.2, 0.25) is 0 Å². The molecule has 0 aliphatic rings. The van der Waals surface area contributed by atoms with Crippen LogP contribution in [0.1, 0.15) is 20.9 Å². The molecule has 0 saturated carbocycles. The van der Waals surface area contributed by atoms with Crippen molar-refractivity contribution < 1.29 is 9.53 Å². The highest BCUT2D eigenvalue weighted by Gasteiger charge is 2.21. The normalized spacial score (nSPS) is 10.7. The number of methoxy groups -OCH3 is 1. The number of hydrogen-bond acceptors (Lipinski definition) is 3. The molecule has 0 spiro atoms. The van der Waals surface area contributed by atoms with Gasteiger partial charge in [0.25, 0.3) is 5.91 Å². The molecule has 3 rings (SSSR count). The zero-order chi connectivity index (χ0) is 17.8. The third-order valence-electron chi connectivity index (χ3n) is 4.02. The first-order chi connectivity index (χ1) is 12.1. The third kappa shape index (κ3) is 4.14. The number of ether oxygens (including phenoxy) is 1. The van der Waals surface area contributed by atoms with Crippen LogP contribution in [0.4, 0.5) is 0 Å². The molecule has 25 heavy (non-hydrogen) atoms. The fourth-order valence-corrected chi connectivity index (χ4v) is 3.75. The van der Waals surface area contributed by atoms with Gasteiger partial charge in [-0.05, 0) is 57.7 Å². The molecule has 0 aliphatic carbocycles. The lowest BCUT2D eigenvalue weighted by atomic mass is 10.1. The van der Waals surface area contributed by atoms with Crippen LogP contribution < -0.4 is 4.74 Å². The van der Waals surface area contributed by atoms with Gasteiger partial charge in [0.1, 0.15) is 5.75 Å². The van der Waals surface area contributed by atoms with Crippen LogP contribution in [0.3, 0.4) is 0 Å². The second-order valence-corrected chi connectivity index (χ2v) is 7.58. The van der Waals surface area contributed by atoms with Crippen molar-refractivity contribution in [1.82, 2.24) is 9.47 Å². The van der Waals surface area contributed by atoms with Crippen LogP contribution in [-0.4, -0.2) is 22.5 Å². The van der Waals surface area contributed by atoms with Crippen molar-refractivity contribution in [2.45, 2.75) is 13.1 Å². The van der Waals surface area contributed by atoms with Gasteiger partial charge in [0.05, 0.1) is 25.8 Å². The fourth-order valence-electron chi connectivity index (χ4n) is 2.61. The van der Waals surface area contributed by atoms with E-state index in [2.05, 4.69) is 22.0 Å². The lowest BCUT2D eigenvalue weighted by molar-refractivity contribution is 0.0727. The molecule has 4 nitrogen and oxygen atoms in total. The van der Waals surface area contributed by atoms with E-state index in [1.165, 1.54) is 0 Å². The molecule has 130 valence electrons. The Bertz CT molecular complexity index is 858. The molecular weight excluding hydrogens is 400 g/mol. The minimum atomic E-state index is -0.0274. The zero-order valence-electron chi connectivity index (χ0n) is 14.1. The molecule has 2 aromatic heterocycles. The van der Waals surface area contributed by atoms with Gasteiger partial charge in [0, 0.05) is 28.3 Å². The molecule has 1 aromatic carbocycles. The summed E-state index contributed by atoms with van der Waals surface area (Å²) in [7, 11) is 3.59. The van der Waals surface area contributed by atoms with Crippen molar-refractivity contribution >= 4 is 33.2 Å². The number of rotatable bonds is 6. The number of nitrogens with zero attached hydrogens (tertiary/aromatic N) is 2. The summed E-state index contributed by atoms with van der Waals surface area (Å²) in [5.41, 5.74) is 1.69. The Morgan fingerprint density at radius 3 is 2.72 bits per heavy atom. The molecule has 0 fully saturated rings. The second-order valence-electron chi connectivity index (χ2n) is 5.70. The van der Waals surface area contributed by atoms with Gasteiger partial charge in [-0.3, -0.25) is 4.79 Å². The predicted octanol–water partition coefficient (Wildman–Crippen LogP) is 4.70. The molecule has 1 amide bonds. The minimum absolute atomic E-state index is 0.0274. The monoisotopic (exact) mass is 418 g/mol. The number of carbonyl (C=O) groups is 1. The molecule has 0 aliphatic heterocycles. The molecule has 0 radical (unpaired) electrons. The minimum Gasteiger partial charge on any atom is -0.497 e. The van der Waals surface area contributed by atoms with Crippen LogP contribution in [0, 0.1) is 0 Å². The average molecular weight is 419 g/mol. The van der Waals surface area contributed by atoms with Crippen molar-refractivity contribution in [3.8, 4) is 5.75 Å². The lowest BCUT2D eigenvalue weighted by Crippen LogP contribution is -2.30. The molecule has 0 bridgehead atoms. The van der Waals surface area contributed by atoms with E-state index >= 15 is 0 Å². The first-order valence-corrected chi connectivity index (χ1v) is 9.51. The standard InChI is InChI=1S/C19H19BrN2O2S/c1-21-9-3-5-14(21)12-22(13-16-6-4-10-25-16)19(23)17-11-15(24-2)7-8-18(17)20/h3-11H,12-13H2,1-2H3. The summed E-state index contributed by atoms with van der Waals surface area (Å²) < 4.78 is 8.08. The fraction of sp³-hybridized carbons (Fsp3) is 0.211. The van der Waals surface area contributed by atoms with Crippen molar-refractivity contribution in [1.29, 1.82) is 0 Å². The van der Waals surface area contributed by atoms with Crippen molar-refractivity contribution in [2.75, 3.05) is 7.11 Å². The molecule has 0 N–H and O–H groups in total. The van der Waals surface area contributed by atoms with E-state index in [-0.39, 0.29) is 5.91 Å². The van der Waals surface area contributed by atoms with Gasteiger partial charge in [-0.15, -0.1) is 11.3 Å². The van der Waals surface area contributed by atoms with Gasteiger partial charge in [-0.1, -0.05) is 6.07 Å². The Morgan fingerprint density at radius 1 is 1.24 bits per heavy atom. The summed E-state index contributed by atoms with van der Waals surface area (Å²) in [5, 5.41) is 2.03. The summed E-state index contributed by atoms with van der Waals surface area (Å²) >= 11 is 5.15. The Hall–Kier alpha value is -2.05. The second kappa shape index (κ2) is 7.89. The number of benzene rings is 1. The largest absolute Gasteiger partial charge is 0.497 e. The Kier molecular flexibility index (Phi) is 5.60. The molecule has 0 unspecified atom stereocenters. The highest BCUT2D eigenvalue weighted by molar-refractivity contribution is 9.10. The van der Waals surface area contributed by atoms with Gasteiger partial charge in [-0.25, -0.2) is 0 Å². The number of aryl methyl sites for hydroxylation is 1. The first-order valence-electron chi connectivity index (χ1n) is 7.84. The summed E-state index contributed by atoms with van der Waals surface area (Å²) in [6.07, 6.45) is 1.99. The molecule has 0 saturated heterocycles. The summed E-state index contributed by atoms with van der Waals surface area (Å²) in [5.74, 6) is 0.641. The Morgan fingerprint density at radius 2 is 2.08 bits per heavy atom. The molecule has 6 heteroatoms. The van der Waals surface area contributed by atoms with Crippen LogP contribution in [0.2, 0.25) is 0 Å². The number of halogens is 1. The van der Waals surface area contributed by atoms with Crippen LogP contribution >= 0.6 is 27.3 Å². The van der Waals surface area contributed by atoms with E-state index in [0.717, 1.165) is 15.0 Å². The van der Waals surface area contributed by atoms with Gasteiger partial charge < -0.3 is 14.2 Å². The van der Waals surface area contributed by atoms with Gasteiger partial charge in [-0.2, -0.15) is 0 Å². The SMILES string of the molecule is COc1ccc(Br)c(C(=O)N(Cc2cccs2)Cc2cccn2C)c1. The van der Waals surface area contributed by atoms with Crippen molar-refractivity contribution in [2.24, 2.45) is 7.05 Å². The molecular formula is C19H19BrN2O2S. The quantitative estimate of drug-likeness (QED) is 0.581. The third-order valence-corrected chi connectivity index (χ3v) is 5.57. The number of aromatic nitrogens is 1. The van der Waals surface area contributed by atoms with Crippen LogP contribution in [-0.2, 0) is 20.1 Å². The molecule has 3 aromatic rings. The number of thiophene rings is 1. The zero-order valence-corrected chi connectivity index (χ0v) is 16.5. The highest BCUT2D eigenvalue weighted by Crippen LogP contribution is 2.26. The summed E-state index contributed by atoms with van der Waals surface area (Å²) in [6, 6.07) is 13.5. The number of amides is 1. The maximum absolute atomic E-state index is 13.2. The van der Waals surface area contributed by atoms with E-state index in [0.29, 0.717) is 24.4 Å². The van der Waals surface area contributed by atoms with E-state index in [1.807, 2.05) is 58.4 Å². The topological polar surface area (TPSA) is 34.5 Å². The Labute approximate surface area is 159 Å². The predicted molar refractivity (Wildman–Crippen MR) is 104 cm³/mol. The van der Waals surface area contributed by atoms with Crippen molar-refractivity contribution in [3.63, 3.8) is 0 Å². The Balaban J connectivity index is 1.92. The van der Waals surface area contributed by atoms with Crippen LogP contribution in [0.15, 0.2) is 58.5 Å².